The average Bonchev–Trinajstić information content (AvgIpc) is 2.84. The zero-order valence-corrected chi connectivity index (χ0v) is 12.4. The predicted octanol–water partition coefficient (Wildman–Crippen LogP) is 2.82. The first-order valence-electron chi connectivity index (χ1n) is 6.92. The van der Waals surface area contributed by atoms with Gasteiger partial charge in [-0.25, -0.2) is 4.98 Å². The molecule has 7 heteroatoms. The van der Waals surface area contributed by atoms with Gasteiger partial charge in [-0.05, 0) is 32.4 Å². The number of alkyl halides is 3. The molecule has 3 nitrogen and oxygen atoms in total. The molecule has 1 aromatic heterocycles. The highest BCUT2D eigenvalue weighted by Gasteiger charge is 2.32. The van der Waals surface area contributed by atoms with Gasteiger partial charge < -0.3 is 5.32 Å². The first kappa shape index (κ1) is 15.7. The summed E-state index contributed by atoms with van der Waals surface area (Å²) in [5.41, 5.74) is 0. The van der Waals surface area contributed by atoms with Crippen LogP contribution in [0.25, 0.3) is 0 Å². The van der Waals surface area contributed by atoms with Gasteiger partial charge in [-0.3, -0.25) is 4.90 Å². The quantitative estimate of drug-likeness (QED) is 0.906. The molecule has 0 aliphatic carbocycles. The van der Waals surface area contributed by atoms with Crippen molar-refractivity contribution in [3.05, 3.63) is 16.1 Å². The molecule has 1 saturated heterocycles. The first-order valence-corrected chi connectivity index (χ1v) is 7.74. The van der Waals surface area contributed by atoms with Crippen molar-refractivity contribution in [3.8, 4) is 0 Å². The van der Waals surface area contributed by atoms with Crippen molar-refractivity contribution in [1.82, 2.24) is 15.2 Å². The van der Waals surface area contributed by atoms with Crippen LogP contribution in [0.15, 0.2) is 6.20 Å². The Labute approximate surface area is 121 Å². The monoisotopic (exact) mass is 307 g/mol. The van der Waals surface area contributed by atoms with Crippen molar-refractivity contribution in [1.29, 1.82) is 0 Å². The van der Waals surface area contributed by atoms with Gasteiger partial charge in [0.1, 0.15) is 5.01 Å². The van der Waals surface area contributed by atoms with Crippen LogP contribution in [0.2, 0.25) is 0 Å². The van der Waals surface area contributed by atoms with Gasteiger partial charge in [0.15, 0.2) is 0 Å². The normalized spacial score (nSPS) is 18.6. The molecule has 2 rings (SSSR count). The highest BCUT2D eigenvalue weighted by Crippen LogP contribution is 2.20. The molecule has 1 fully saturated rings. The van der Waals surface area contributed by atoms with E-state index in [-0.39, 0.29) is 0 Å². The largest absolute Gasteiger partial charge is 0.401 e. The summed E-state index contributed by atoms with van der Waals surface area (Å²) in [6, 6.07) is 0.300. The van der Waals surface area contributed by atoms with Crippen molar-refractivity contribution in [2.45, 2.75) is 44.9 Å². The Kier molecular flexibility index (Phi) is 5.40. The lowest BCUT2D eigenvalue weighted by molar-refractivity contribution is -0.148. The summed E-state index contributed by atoms with van der Waals surface area (Å²) in [4.78, 5) is 7.08. The maximum atomic E-state index is 12.3. The first-order chi connectivity index (χ1) is 9.46. The lowest BCUT2D eigenvalue weighted by atomic mass is 10.1. The molecule has 0 bridgehead atoms. The summed E-state index contributed by atoms with van der Waals surface area (Å²) in [7, 11) is 0. The number of aromatic nitrogens is 1. The van der Waals surface area contributed by atoms with E-state index in [1.54, 1.807) is 11.3 Å². The van der Waals surface area contributed by atoms with Gasteiger partial charge in [-0.2, -0.15) is 13.2 Å². The van der Waals surface area contributed by atoms with Crippen LogP contribution in [0.5, 0.6) is 0 Å². The highest BCUT2D eigenvalue weighted by molar-refractivity contribution is 7.11. The Balaban J connectivity index is 1.69. The summed E-state index contributed by atoms with van der Waals surface area (Å²) >= 11 is 1.70. The summed E-state index contributed by atoms with van der Waals surface area (Å²) < 4.78 is 36.8. The number of nitrogens with one attached hydrogen (secondary N) is 1. The van der Waals surface area contributed by atoms with E-state index < -0.39 is 12.7 Å². The smallest absolute Gasteiger partial charge is 0.308 e. The van der Waals surface area contributed by atoms with E-state index in [1.807, 2.05) is 6.20 Å². The van der Waals surface area contributed by atoms with E-state index in [0.717, 1.165) is 24.3 Å². The molecule has 1 N–H and O–H groups in total. The van der Waals surface area contributed by atoms with Gasteiger partial charge >= 0.3 is 6.18 Å². The number of hydrogen-bond donors (Lipinski definition) is 1. The summed E-state index contributed by atoms with van der Waals surface area (Å²) in [6.45, 7) is 3.05. The molecule has 0 atom stereocenters. The van der Waals surface area contributed by atoms with Gasteiger partial charge in [0.25, 0.3) is 0 Å². The molecule has 2 heterocycles. The molecule has 1 aliphatic rings. The van der Waals surface area contributed by atoms with E-state index in [2.05, 4.69) is 17.2 Å². The van der Waals surface area contributed by atoms with E-state index in [9.17, 15) is 13.2 Å². The fourth-order valence-corrected chi connectivity index (χ4v) is 3.19. The van der Waals surface area contributed by atoms with E-state index in [4.69, 9.17) is 0 Å². The lowest BCUT2D eigenvalue weighted by Crippen LogP contribution is -2.45. The van der Waals surface area contributed by atoms with E-state index in [1.165, 1.54) is 9.78 Å². The maximum absolute atomic E-state index is 12.3. The van der Waals surface area contributed by atoms with Crippen LogP contribution in [-0.2, 0) is 13.0 Å². The van der Waals surface area contributed by atoms with Crippen LogP contribution < -0.4 is 5.32 Å². The molecular formula is C13H20F3N3S. The molecule has 0 amide bonds. The Bertz CT molecular complexity index is 411. The average molecular weight is 307 g/mol. The van der Waals surface area contributed by atoms with Crippen molar-refractivity contribution >= 4 is 11.3 Å². The topological polar surface area (TPSA) is 28.2 Å². The van der Waals surface area contributed by atoms with Gasteiger partial charge in [0.2, 0.25) is 0 Å². The summed E-state index contributed by atoms with van der Waals surface area (Å²) in [6.07, 6.45) is 0.336. The van der Waals surface area contributed by atoms with Crippen molar-refractivity contribution in [2.24, 2.45) is 0 Å². The van der Waals surface area contributed by atoms with Crippen LogP contribution >= 0.6 is 11.3 Å². The summed E-state index contributed by atoms with van der Waals surface area (Å²) in [5.74, 6) is 0. The minimum absolute atomic E-state index is 0.300. The van der Waals surface area contributed by atoms with E-state index >= 15 is 0 Å². The molecule has 1 aromatic rings. The molecule has 1 aliphatic heterocycles. The fraction of sp³-hybridized carbons (Fsp3) is 0.769. The number of aryl methyl sites for hydroxylation is 1. The van der Waals surface area contributed by atoms with Crippen molar-refractivity contribution in [2.75, 3.05) is 19.6 Å². The van der Waals surface area contributed by atoms with Crippen molar-refractivity contribution < 1.29 is 13.2 Å². The zero-order chi connectivity index (χ0) is 14.6. The summed E-state index contributed by atoms with van der Waals surface area (Å²) in [5, 5.41) is 4.45. The minimum atomic E-state index is -4.09. The minimum Gasteiger partial charge on any atom is -0.308 e. The third kappa shape index (κ3) is 5.03. The molecular weight excluding hydrogens is 287 g/mol. The van der Waals surface area contributed by atoms with Crippen LogP contribution in [0.4, 0.5) is 13.2 Å². The predicted molar refractivity (Wildman–Crippen MR) is 73.8 cm³/mol. The molecule has 0 spiro atoms. The molecule has 0 aromatic carbocycles. The standard InChI is InChI=1S/C13H20F3N3S/c1-2-11-7-18-12(20-11)8-17-10-3-5-19(6-4-10)9-13(14,15)16/h7,10,17H,2-6,8-9H2,1H3. The van der Waals surface area contributed by atoms with E-state index in [0.29, 0.717) is 25.7 Å². The molecule has 114 valence electrons. The lowest BCUT2D eigenvalue weighted by Gasteiger charge is -2.32. The van der Waals surface area contributed by atoms with Crippen LogP contribution in [0.1, 0.15) is 29.7 Å². The number of hydrogen-bond acceptors (Lipinski definition) is 4. The van der Waals surface area contributed by atoms with Crippen LogP contribution in [-0.4, -0.2) is 41.7 Å². The number of likely N-dealkylation sites (tertiary alicyclic amines) is 1. The van der Waals surface area contributed by atoms with Gasteiger partial charge in [0, 0.05) is 23.7 Å². The maximum Gasteiger partial charge on any atom is 0.401 e. The van der Waals surface area contributed by atoms with Crippen LogP contribution in [0.3, 0.4) is 0 Å². The molecule has 20 heavy (non-hydrogen) atoms. The van der Waals surface area contributed by atoms with Gasteiger partial charge in [-0.1, -0.05) is 6.92 Å². The Morgan fingerprint density at radius 3 is 2.65 bits per heavy atom. The van der Waals surface area contributed by atoms with Gasteiger partial charge in [0.05, 0.1) is 6.54 Å². The van der Waals surface area contributed by atoms with Crippen molar-refractivity contribution in [3.63, 3.8) is 0 Å². The Hall–Kier alpha value is -0.660. The second-order valence-electron chi connectivity index (χ2n) is 5.12. The number of nitrogens with zero attached hydrogens (tertiary/aromatic N) is 2. The fourth-order valence-electron chi connectivity index (χ4n) is 2.37. The number of thiazole rings is 1. The number of piperidine rings is 1. The third-order valence-electron chi connectivity index (χ3n) is 3.48. The third-order valence-corrected chi connectivity index (χ3v) is 4.62. The SMILES string of the molecule is CCc1cnc(CNC2CCN(CC(F)(F)F)CC2)s1. The van der Waals surface area contributed by atoms with Crippen LogP contribution in [0, 0.1) is 0 Å². The number of halogens is 3. The molecule has 0 unspecified atom stereocenters. The second kappa shape index (κ2) is 6.87. The molecule has 0 radical (unpaired) electrons. The zero-order valence-electron chi connectivity index (χ0n) is 11.5. The molecule has 0 saturated carbocycles. The Morgan fingerprint density at radius 1 is 1.40 bits per heavy atom. The second-order valence-corrected chi connectivity index (χ2v) is 6.32. The Morgan fingerprint density at radius 2 is 2.10 bits per heavy atom. The van der Waals surface area contributed by atoms with Gasteiger partial charge in [-0.15, -0.1) is 11.3 Å². The highest BCUT2D eigenvalue weighted by atomic mass is 32.1. The number of rotatable bonds is 5.